The number of hydrogen-bond acceptors (Lipinski definition) is 3. The molecular formula is C17H27NO2. The topological polar surface area (TPSA) is 21.7 Å². The zero-order chi connectivity index (χ0) is 14.4. The first-order valence-electron chi connectivity index (χ1n) is 7.82. The predicted molar refractivity (Wildman–Crippen MR) is 82.5 cm³/mol. The van der Waals surface area contributed by atoms with Gasteiger partial charge in [-0.15, -0.1) is 0 Å². The van der Waals surface area contributed by atoms with Crippen molar-refractivity contribution in [1.82, 2.24) is 4.90 Å². The number of methoxy groups -OCH3 is 1. The molecule has 0 amide bonds. The van der Waals surface area contributed by atoms with Crippen molar-refractivity contribution < 1.29 is 9.47 Å². The van der Waals surface area contributed by atoms with Crippen LogP contribution in [-0.4, -0.2) is 31.2 Å². The van der Waals surface area contributed by atoms with Gasteiger partial charge in [0, 0.05) is 12.6 Å². The highest BCUT2D eigenvalue weighted by Gasteiger charge is 2.21. The Morgan fingerprint density at radius 2 is 2.05 bits per heavy atom. The Morgan fingerprint density at radius 3 is 2.75 bits per heavy atom. The molecule has 0 N–H and O–H groups in total. The molecule has 1 atom stereocenters. The molecule has 2 rings (SSSR count). The quantitative estimate of drug-likeness (QED) is 0.788. The maximum Gasteiger partial charge on any atom is 0.161 e. The van der Waals surface area contributed by atoms with Gasteiger partial charge >= 0.3 is 0 Å². The molecule has 1 fully saturated rings. The highest BCUT2D eigenvalue weighted by atomic mass is 16.5. The van der Waals surface area contributed by atoms with E-state index in [1.54, 1.807) is 7.11 Å². The Labute approximate surface area is 122 Å². The minimum absolute atomic E-state index is 0.668. The standard InChI is InChI=1S/C17H27NO2/c1-4-15-8-6-7-11-18(15)13-14-9-10-16(19-3)17(12-14)20-5-2/h9-10,12,15H,4-8,11,13H2,1-3H3. The van der Waals surface area contributed by atoms with Crippen molar-refractivity contribution >= 4 is 0 Å². The SMILES string of the molecule is CCOc1cc(CN2CCCCC2CC)ccc1OC. The van der Waals surface area contributed by atoms with Crippen LogP contribution in [0.25, 0.3) is 0 Å². The molecule has 1 heterocycles. The number of nitrogens with zero attached hydrogens (tertiary/aromatic N) is 1. The smallest absolute Gasteiger partial charge is 0.161 e. The lowest BCUT2D eigenvalue weighted by molar-refractivity contribution is 0.136. The number of likely N-dealkylation sites (tertiary alicyclic amines) is 1. The molecule has 3 heteroatoms. The first kappa shape index (κ1) is 15.2. The molecule has 1 aromatic carbocycles. The van der Waals surface area contributed by atoms with Gasteiger partial charge in [0.25, 0.3) is 0 Å². The maximum atomic E-state index is 5.67. The van der Waals surface area contributed by atoms with Crippen molar-refractivity contribution in [2.24, 2.45) is 0 Å². The molecule has 0 radical (unpaired) electrons. The van der Waals surface area contributed by atoms with Crippen LogP contribution in [0.4, 0.5) is 0 Å². The Hall–Kier alpha value is -1.22. The van der Waals surface area contributed by atoms with Gasteiger partial charge in [0.2, 0.25) is 0 Å². The van der Waals surface area contributed by atoms with Crippen LogP contribution < -0.4 is 9.47 Å². The van der Waals surface area contributed by atoms with Crippen LogP contribution in [0.15, 0.2) is 18.2 Å². The second-order valence-electron chi connectivity index (χ2n) is 5.45. The van der Waals surface area contributed by atoms with Gasteiger partial charge in [-0.1, -0.05) is 19.4 Å². The van der Waals surface area contributed by atoms with E-state index in [2.05, 4.69) is 24.0 Å². The molecule has 1 saturated heterocycles. The zero-order valence-corrected chi connectivity index (χ0v) is 13.0. The lowest BCUT2D eigenvalue weighted by Gasteiger charge is -2.35. The second-order valence-corrected chi connectivity index (χ2v) is 5.45. The summed E-state index contributed by atoms with van der Waals surface area (Å²) in [4.78, 5) is 2.61. The lowest BCUT2D eigenvalue weighted by atomic mass is 9.99. The summed E-state index contributed by atoms with van der Waals surface area (Å²) in [6, 6.07) is 7.04. The van der Waals surface area contributed by atoms with Crippen LogP contribution in [0.1, 0.15) is 45.1 Å². The first-order valence-corrected chi connectivity index (χ1v) is 7.82. The Balaban J connectivity index is 2.10. The van der Waals surface area contributed by atoms with Gasteiger partial charge in [0.05, 0.1) is 13.7 Å². The Morgan fingerprint density at radius 1 is 1.20 bits per heavy atom. The third kappa shape index (κ3) is 3.66. The molecular weight excluding hydrogens is 250 g/mol. The summed E-state index contributed by atoms with van der Waals surface area (Å²) in [5.41, 5.74) is 1.31. The van der Waals surface area contributed by atoms with Crippen molar-refractivity contribution in [2.75, 3.05) is 20.3 Å². The maximum absolute atomic E-state index is 5.67. The van der Waals surface area contributed by atoms with Gasteiger partial charge < -0.3 is 9.47 Å². The van der Waals surface area contributed by atoms with E-state index in [4.69, 9.17) is 9.47 Å². The average molecular weight is 277 g/mol. The summed E-state index contributed by atoms with van der Waals surface area (Å²) >= 11 is 0. The molecule has 1 aliphatic rings. The summed E-state index contributed by atoms with van der Waals surface area (Å²) in [5, 5.41) is 0. The highest BCUT2D eigenvalue weighted by molar-refractivity contribution is 5.43. The van der Waals surface area contributed by atoms with Crippen molar-refractivity contribution in [3.63, 3.8) is 0 Å². The van der Waals surface area contributed by atoms with E-state index in [9.17, 15) is 0 Å². The molecule has 0 bridgehead atoms. The van der Waals surface area contributed by atoms with Crippen LogP contribution in [0.2, 0.25) is 0 Å². The molecule has 0 aliphatic carbocycles. The number of piperidine rings is 1. The van der Waals surface area contributed by atoms with Gasteiger partial charge in [-0.2, -0.15) is 0 Å². The van der Waals surface area contributed by atoms with E-state index in [1.165, 1.54) is 37.8 Å². The van der Waals surface area contributed by atoms with Crippen LogP contribution in [0.3, 0.4) is 0 Å². The monoisotopic (exact) mass is 277 g/mol. The molecule has 0 saturated carbocycles. The summed E-state index contributed by atoms with van der Waals surface area (Å²) in [6.45, 7) is 7.20. The Kier molecular flexibility index (Phi) is 5.72. The molecule has 0 aromatic heterocycles. The predicted octanol–water partition coefficient (Wildman–Crippen LogP) is 3.86. The summed E-state index contributed by atoms with van der Waals surface area (Å²) in [6.07, 6.45) is 5.28. The minimum Gasteiger partial charge on any atom is -0.493 e. The first-order chi connectivity index (χ1) is 9.78. The van der Waals surface area contributed by atoms with Gasteiger partial charge in [0.15, 0.2) is 11.5 Å². The lowest BCUT2D eigenvalue weighted by Crippen LogP contribution is -2.38. The van der Waals surface area contributed by atoms with Crippen molar-refractivity contribution in [2.45, 2.75) is 52.1 Å². The normalized spacial score (nSPS) is 19.9. The molecule has 3 nitrogen and oxygen atoms in total. The van der Waals surface area contributed by atoms with Crippen LogP contribution in [0, 0.1) is 0 Å². The highest BCUT2D eigenvalue weighted by Crippen LogP contribution is 2.29. The largest absolute Gasteiger partial charge is 0.493 e. The van der Waals surface area contributed by atoms with E-state index in [0.29, 0.717) is 6.61 Å². The van der Waals surface area contributed by atoms with Gasteiger partial charge in [0.1, 0.15) is 0 Å². The molecule has 1 unspecified atom stereocenters. The number of rotatable bonds is 6. The number of ether oxygens (including phenoxy) is 2. The molecule has 1 aromatic rings. The fourth-order valence-electron chi connectivity index (χ4n) is 3.05. The van der Waals surface area contributed by atoms with Crippen molar-refractivity contribution in [3.05, 3.63) is 23.8 Å². The Bertz CT molecular complexity index is 419. The molecule has 1 aliphatic heterocycles. The second kappa shape index (κ2) is 7.53. The van der Waals surface area contributed by atoms with Gasteiger partial charge in [-0.05, 0) is 50.4 Å². The van der Waals surface area contributed by atoms with E-state index >= 15 is 0 Å². The van der Waals surface area contributed by atoms with Crippen molar-refractivity contribution in [1.29, 1.82) is 0 Å². The third-order valence-electron chi connectivity index (χ3n) is 4.13. The average Bonchev–Trinajstić information content (AvgIpc) is 2.48. The van der Waals surface area contributed by atoms with Crippen molar-refractivity contribution in [3.8, 4) is 11.5 Å². The summed E-state index contributed by atoms with van der Waals surface area (Å²) in [5.74, 6) is 1.68. The summed E-state index contributed by atoms with van der Waals surface area (Å²) < 4.78 is 11.0. The van der Waals surface area contributed by atoms with Gasteiger partial charge in [-0.3, -0.25) is 4.90 Å². The van der Waals surface area contributed by atoms with E-state index in [1.807, 2.05) is 13.0 Å². The number of benzene rings is 1. The minimum atomic E-state index is 0.668. The molecule has 112 valence electrons. The van der Waals surface area contributed by atoms with Crippen LogP contribution >= 0.6 is 0 Å². The van der Waals surface area contributed by atoms with E-state index < -0.39 is 0 Å². The summed E-state index contributed by atoms with van der Waals surface area (Å²) in [7, 11) is 1.69. The van der Waals surface area contributed by atoms with E-state index in [-0.39, 0.29) is 0 Å². The fourth-order valence-corrected chi connectivity index (χ4v) is 3.05. The molecule has 20 heavy (non-hydrogen) atoms. The van der Waals surface area contributed by atoms with E-state index in [0.717, 1.165) is 24.1 Å². The fraction of sp³-hybridized carbons (Fsp3) is 0.647. The third-order valence-corrected chi connectivity index (χ3v) is 4.13. The van der Waals surface area contributed by atoms with Crippen LogP contribution in [-0.2, 0) is 6.54 Å². The van der Waals surface area contributed by atoms with Gasteiger partial charge in [-0.25, -0.2) is 0 Å². The molecule has 0 spiro atoms. The zero-order valence-electron chi connectivity index (χ0n) is 13.0. The van der Waals surface area contributed by atoms with Crippen LogP contribution in [0.5, 0.6) is 11.5 Å². The number of hydrogen-bond donors (Lipinski definition) is 0.